The van der Waals surface area contributed by atoms with Gasteiger partial charge in [0.25, 0.3) is 0 Å². The number of halogens is 1. The van der Waals surface area contributed by atoms with Crippen molar-refractivity contribution in [3.05, 3.63) is 24.3 Å². The van der Waals surface area contributed by atoms with Crippen molar-refractivity contribution < 1.29 is 4.74 Å². The molecule has 4 nitrogen and oxygen atoms in total. The third-order valence-corrected chi connectivity index (χ3v) is 3.68. The molecular weight excluding hydrogens is 365 g/mol. The second-order valence-electron chi connectivity index (χ2n) is 5.30. The number of methoxy groups -OCH3 is 1. The highest BCUT2D eigenvalue weighted by Crippen LogP contribution is 2.49. The molecule has 1 aromatic carbocycles. The summed E-state index contributed by atoms with van der Waals surface area (Å²) in [6.45, 7) is 3.07. The second kappa shape index (κ2) is 7.71. The van der Waals surface area contributed by atoms with Gasteiger partial charge >= 0.3 is 0 Å². The van der Waals surface area contributed by atoms with Crippen molar-refractivity contribution in [1.29, 1.82) is 0 Å². The van der Waals surface area contributed by atoms with Gasteiger partial charge in [-0.25, -0.2) is 0 Å². The van der Waals surface area contributed by atoms with Gasteiger partial charge in [0, 0.05) is 12.2 Å². The van der Waals surface area contributed by atoms with Crippen molar-refractivity contribution >= 4 is 35.6 Å². The maximum absolute atomic E-state index is 5.92. The molecule has 0 aliphatic heterocycles. The quantitative estimate of drug-likeness (QED) is 0.444. The van der Waals surface area contributed by atoms with Gasteiger partial charge in [-0.15, -0.1) is 24.0 Å². The van der Waals surface area contributed by atoms with Crippen LogP contribution in [0.2, 0.25) is 0 Å². The lowest BCUT2D eigenvalue weighted by Gasteiger charge is -2.12. The van der Waals surface area contributed by atoms with E-state index in [1.54, 1.807) is 7.11 Å². The monoisotopic (exact) mass is 389 g/mol. The van der Waals surface area contributed by atoms with E-state index in [9.17, 15) is 0 Å². The zero-order valence-electron chi connectivity index (χ0n) is 12.2. The Bertz CT molecular complexity index is 441. The molecule has 1 aromatic rings. The fourth-order valence-corrected chi connectivity index (χ4v) is 2.31. The Labute approximate surface area is 138 Å². The van der Waals surface area contributed by atoms with Gasteiger partial charge in [-0.3, -0.25) is 4.99 Å². The maximum atomic E-state index is 5.92. The number of nitrogens with two attached hydrogens (primary N) is 1. The first-order valence-electron chi connectivity index (χ1n) is 6.88. The highest BCUT2D eigenvalue weighted by molar-refractivity contribution is 14.0. The Hall–Kier alpha value is -0.980. The Balaban J connectivity index is 0.00000200. The van der Waals surface area contributed by atoms with E-state index >= 15 is 0 Å². The van der Waals surface area contributed by atoms with Crippen LogP contribution in [-0.4, -0.2) is 19.6 Å². The maximum Gasteiger partial charge on any atom is 0.193 e. The zero-order chi connectivity index (χ0) is 13.7. The third-order valence-electron chi connectivity index (χ3n) is 3.68. The topological polar surface area (TPSA) is 59.6 Å². The summed E-state index contributed by atoms with van der Waals surface area (Å²) in [5.41, 5.74) is 7.29. The summed E-state index contributed by atoms with van der Waals surface area (Å²) in [5.74, 6) is 1.33. The van der Waals surface area contributed by atoms with Crippen LogP contribution in [0.15, 0.2) is 29.3 Å². The first kappa shape index (κ1) is 17.1. The Morgan fingerprint density at radius 3 is 2.50 bits per heavy atom. The summed E-state index contributed by atoms with van der Waals surface area (Å²) < 4.78 is 5.11. The number of guanidine groups is 1. The molecule has 0 heterocycles. The van der Waals surface area contributed by atoms with Crippen LogP contribution in [0.1, 0.15) is 32.6 Å². The van der Waals surface area contributed by atoms with Crippen LogP contribution in [0.4, 0.5) is 5.69 Å². The normalized spacial score (nSPS) is 16.2. The lowest BCUT2D eigenvalue weighted by atomic mass is 10.0. The molecular formula is C15H24IN3O. The largest absolute Gasteiger partial charge is 0.497 e. The van der Waals surface area contributed by atoms with Gasteiger partial charge in [0.1, 0.15) is 5.75 Å². The van der Waals surface area contributed by atoms with Gasteiger partial charge in [-0.2, -0.15) is 0 Å². The summed E-state index contributed by atoms with van der Waals surface area (Å²) in [7, 11) is 1.65. The highest BCUT2D eigenvalue weighted by atomic mass is 127. The third kappa shape index (κ3) is 4.85. The minimum Gasteiger partial charge on any atom is -0.497 e. The lowest BCUT2D eigenvalue weighted by Crippen LogP contribution is -2.24. The van der Waals surface area contributed by atoms with Gasteiger partial charge in [0.2, 0.25) is 0 Å². The van der Waals surface area contributed by atoms with Crippen LogP contribution in [0.3, 0.4) is 0 Å². The summed E-state index contributed by atoms with van der Waals surface area (Å²) in [6, 6.07) is 7.66. The number of benzene rings is 1. The van der Waals surface area contributed by atoms with Crippen LogP contribution in [-0.2, 0) is 0 Å². The van der Waals surface area contributed by atoms with E-state index in [-0.39, 0.29) is 24.0 Å². The molecule has 1 saturated carbocycles. The lowest BCUT2D eigenvalue weighted by molar-refractivity contribution is 0.415. The summed E-state index contributed by atoms with van der Waals surface area (Å²) in [6.07, 6.45) is 5.06. The fraction of sp³-hybridized carbons (Fsp3) is 0.533. The molecule has 2 rings (SSSR count). The number of ether oxygens (including phenoxy) is 1. The average Bonchev–Trinajstić information content (AvgIpc) is 3.18. The van der Waals surface area contributed by atoms with E-state index in [0.717, 1.165) is 18.0 Å². The molecule has 1 aliphatic carbocycles. The molecule has 0 saturated heterocycles. The van der Waals surface area contributed by atoms with Crippen molar-refractivity contribution in [1.82, 2.24) is 0 Å². The van der Waals surface area contributed by atoms with Gasteiger partial charge in [0.15, 0.2) is 5.96 Å². The Kier molecular flexibility index (Phi) is 6.58. The molecule has 0 spiro atoms. The number of hydrogen-bond acceptors (Lipinski definition) is 2. The Morgan fingerprint density at radius 2 is 2.00 bits per heavy atom. The molecule has 0 bridgehead atoms. The van der Waals surface area contributed by atoms with E-state index < -0.39 is 0 Å². The van der Waals surface area contributed by atoms with E-state index in [0.29, 0.717) is 11.4 Å². The number of rotatable bonds is 6. The first-order valence-corrected chi connectivity index (χ1v) is 6.88. The average molecular weight is 389 g/mol. The number of nitrogens with one attached hydrogen (secondary N) is 1. The molecule has 3 N–H and O–H groups in total. The predicted molar refractivity (Wildman–Crippen MR) is 95.1 cm³/mol. The van der Waals surface area contributed by atoms with Crippen molar-refractivity contribution in [3.63, 3.8) is 0 Å². The van der Waals surface area contributed by atoms with Crippen LogP contribution >= 0.6 is 24.0 Å². The van der Waals surface area contributed by atoms with E-state index in [1.165, 1.54) is 25.7 Å². The van der Waals surface area contributed by atoms with E-state index in [2.05, 4.69) is 17.2 Å². The molecule has 0 amide bonds. The van der Waals surface area contributed by atoms with Gasteiger partial charge in [-0.05, 0) is 48.9 Å². The number of anilines is 1. The molecule has 5 heteroatoms. The smallest absolute Gasteiger partial charge is 0.193 e. The standard InChI is InChI=1S/C15H23N3O.HI/c1-3-8-15(9-10-15)11-17-14(16)18-12-4-6-13(19-2)7-5-12;/h4-7H,3,8-11H2,1-2H3,(H3,16,17,18);1H. The predicted octanol–water partition coefficient (Wildman–Crippen LogP) is 3.62. The van der Waals surface area contributed by atoms with Crippen LogP contribution in [0.5, 0.6) is 5.75 Å². The van der Waals surface area contributed by atoms with Crippen LogP contribution in [0.25, 0.3) is 0 Å². The molecule has 20 heavy (non-hydrogen) atoms. The summed E-state index contributed by atoms with van der Waals surface area (Å²) >= 11 is 0. The van der Waals surface area contributed by atoms with Gasteiger partial charge < -0.3 is 15.8 Å². The second-order valence-corrected chi connectivity index (χ2v) is 5.30. The number of hydrogen-bond donors (Lipinski definition) is 2. The number of nitrogens with zero attached hydrogens (tertiary/aromatic N) is 1. The first-order chi connectivity index (χ1) is 9.17. The molecule has 0 aromatic heterocycles. The van der Waals surface area contributed by atoms with Crippen molar-refractivity contribution in [2.75, 3.05) is 19.0 Å². The van der Waals surface area contributed by atoms with Crippen molar-refractivity contribution in [2.24, 2.45) is 16.1 Å². The van der Waals surface area contributed by atoms with Crippen LogP contribution in [0, 0.1) is 5.41 Å². The Morgan fingerprint density at radius 1 is 1.35 bits per heavy atom. The van der Waals surface area contributed by atoms with E-state index in [1.807, 2.05) is 24.3 Å². The van der Waals surface area contributed by atoms with Crippen molar-refractivity contribution in [3.8, 4) is 5.75 Å². The fourth-order valence-electron chi connectivity index (χ4n) is 2.31. The molecule has 0 atom stereocenters. The molecule has 1 fully saturated rings. The van der Waals surface area contributed by atoms with Gasteiger partial charge in [-0.1, -0.05) is 13.3 Å². The minimum atomic E-state index is 0. The van der Waals surface area contributed by atoms with Gasteiger partial charge in [0.05, 0.1) is 7.11 Å². The highest BCUT2D eigenvalue weighted by Gasteiger charge is 2.41. The molecule has 0 radical (unpaired) electrons. The summed E-state index contributed by atoms with van der Waals surface area (Å²) in [4.78, 5) is 4.47. The number of aliphatic imine (C=N–C) groups is 1. The minimum absolute atomic E-state index is 0. The molecule has 0 unspecified atom stereocenters. The SMILES string of the molecule is CCCC1(CN=C(N)Nc2ccc(OC)cc2)CC1.I. The van der Waals surface area contributed by atoms with E-state index in [4.69, 9.17) is 10.5 Å². The molecule has 112 valence electrons. The molecule has 1 aliphatic rings. The summed E-state index contributed by atoms with van der Waals surface area (Å²) in [5, 5.41) is 3.11. The van der Waals surface area contributed by atoms with Crippen molar-refractivity contribution in [2.45, 2.75) is 32.6 Å². The zero-order valence-corrected chi connectivity index (χ0v) is 14.5. The van der Waals surface area contributed by atoms with Crippen LogP contribution < -0.4 is 15.8 Å².